The number of ether oxygens (including phenoxy) is 2. The van der Waals surface area contributed by atoms with Crippen LogP contribution in [-0.4, -0.2) is 43.4 Å². The van der Waals surface area contributed by atoms with Crippen molar-refractivity contribution in [3.8, 4) is 11.5 Å². The number of fused-ring (bicyclic) bond motifs is 1. The number of hydrogen-bond acceptors (Lipinski definition) is 4. The second-order valence-electron chi connectivity index (χ2n) is 7.47. The standard InChI is InChI=1S/C24H29ClN2O2S/c1-3-14-26(2)15-4-5-17-28-22-12-13-23-19(18-22)7-6-16-27(23)24(30)29-21-10-8-20(25)9-11-21/h3,8-13,18H,1,4-7,14-17H2,2H3. The SMILES string of the molecule is C=CCN(C)CCCCOc1ccc2c(c1)CCCN2C(=S)Oc1ccc(Cl)cc1. The summed E-state index contributed by atoms with van der Waals surface area (Å²) in [5.41, 5.74) is 2.34. The maximum absolute atomic E-state index is 5.98. The van der Waals surface area contributed by atoms with Gasteiger partial charge >= 0.3 is 0 Å². The topological polar surface area (TPSA) is 24.9 Å². The lowest BCUT2D eigenvalue weighted by atomic mass is 10.0. The maximum atomic E-state index is 5.98. The number of hydrogen-bond donors (Lipinski definition) is 0. The highest BCUT2D eigenvalue weighted by atomic mass is 35.5. The summed E-state index contributed by atoms with van der Waals surface area (Å²) >= 11 is 11.5. The Hall–Kier alpha value is -2.08. The van der Waals surface area contributed by atoms with Gasteiger partial charge in [-0.1, -0.05) is 17.7 Å². The molecule has 4 nitrogen and oxygen atoms in total. The van der Waals surface area contributed by atoms with Crippen molar-refractivity contribution in [1.82, 2.24) is 4.90 Å². The van der Waals surface area contributed by atoms with Crippen molar-refractivity contribution in [2.24, 2.45) is 0 Å². The first-order valence-electron chi connectivity index (χ1n) is 10.4. The van der Waals surface area contributed by atoms with E-state index in [1.807, 2.05) is 24.3 Å². The van der Waals surface area contributed by atoms with Gasteiger partial charge in [0, 0.05) is 23.8 Å². The lowest BCUT2D eigenvalue weighted by Crippen LogP contribution is -2.37. The minimum atomic E-state index is 0.454. The van der Waals surface area contributed by atoms with E-state index >= 15 is 0 Å². The van der Waals surface area contributed by atoms with Crippen molar-refractivity contribution in [1.29, 1.82) is 0 Å². The monoisotopic (exact) mass is 444 g/mol. The van der Waals surface area contributed by atoms with Crippen LogP contribution in [0.4, 0.5) is 5.69 Å². The van der Waals surface area contributed by atoms with E-state index in [-0.39, 0.29) is 0 Å². The van der Waals surface area contributed by atoms with Gasteiger partial charge in [-0.05, 0) is 99.5 Å². The van der Waals surface area contributed by atoms with E-state index in [0.29, 0.717) is 15.9 Å². The molecular formula is C24H29ClN2O2S. The van der Waals surface area contributed by atoms with Gasteiger partial charge in [0.1, 0.15) is 11.5 Å². The molecule has 0 radical (unpaired) electrons. The van der Waals surface area contributed by atoms with E-state index in [4.69, 9.17) is 33.3 Å². The van der Waals surface area contributed by atoms with Crippen LogP contribution in [0.5, 0.6) is 11.5 Å². The van der Waals surface area contributed by atoms with E-state index in [2.05, 4.69) is 35.6 Å². The molecule has 0 aromatic heterocycles. The normalized spacial score (nSPS) is 13.1. The molecule has 1 aliphatic rings. The van der Waals surface area contributed by atoms with Gasteiger partial charge in [0.05, 0.1) is 6.61 Å². The third-order valence-electron chi connectivity index (χ3n) is 5.05. The van der Waals surface area contributed by atoms with Crippen molar-refractivity contribution in [2.45, 2.75) is 25.7 Å². The molecule has 1 aliphatic heterocycles. The molecule has 30 heavy (non-hydrogen) atoms. The van der Waals surface area contributed by atoms with Gasteiger partial charge in [-0.2, -0.15) is 0 Å². The smallest absolute Gasteiger partial charge is 0.269 e. The van der Waals surface area contributed by atoms with E-state index in [0.717, 1.165) is 63.4 Å². The first kappa shape index (κ1) is 22.6. The van der Waals surface area contributed by atoms with Crippen LogP contribution in [0.1, 0.15) is 24.8 Å². The fourth-order valence-corrected chi connectivity index (χ4v) is 3.91. The Labute approximate surface area is 190 Å². The van der Waals surface area contributed by atoms with E-state index < -0.39 is 0 Å². The minimum Gasteiger partial charge on any atom is -0.494 e. The van der Waals surface area contributed by atoms with Crippen molar-refractivity contribution >= 4 is 34.7 Å². The maximum Gasteiger partial charge on any atom is 0.269 e. The quantitative estimate of drug-likeness (QED) is 0.279. The van der Waals surface area contributed by atoms with Gasteiger partial charge in [-0.15, -0.1) is 6.58 Å². The molecule has 0 N–H and O–H groups in total. The van der Waals surface area contributed by atoms with Gasteiger partial charge in [0.15, 0.2) is 0 Å². The van der Waals surface area contributed by atoms with Gasteiger partial charge < -0.3 is 19.3 Å². The highest BCUT2D eigenvalue weighted by Gasteiger charge is 2.22. The number of benzene rings is 2. The van der Waals surface area contributed by atoms with Gasteiger partial charge in [-0.25, -0.2) is 0 Å². The molecule has 2 aromatic carbocycles. The molecule has 0 saturated carbocycles. The Morgan fingerprint density at radius 3 is 2.73 bits per heavy atom. The van der Waals surface area contributed by atoms with Gasteiger partial charge in [0.2, 0.25) is 0 Å². The Bertz CT molecular complexity index is 857. The molecule has 0 unspecified atom stereocenters. The average Bonchev–Trinajstić information content (AvgIpc) is 2.74. The molecule has 0 aliphatic carbocycles. The second kappa shape index (κ2) is 11.3. The summed E-state index contributed by atoms with van der Waals surface area (Å²) in [6.07, 6.45) is 6.11. The number of aryl methyl sites for hydroxylation is 1. The fraction of sp³-hybridized carbons (Fsp3) is 0.375. The van der Waals surface area contributed by atoms with Crippen molar-refractivity contribution in [3.05, 3.63) is 65.7 Å². The lowest BCUT2D eigenvalue weighted by molar-refractivity contribution is 0.287. The first-order chi connectivity index (χ1) is 14.6. The summed E-state index contributed by atoms with van der Waals surface area (Å²) in [5.74, 6) is 1.61. The Morgan fingerprint density at radius 2 is 1.97 bits per heavy atom. The van der Waals surface area contributed by atoms with Crippen molar-refractivity contribution < 1.29 is 9.47 Å². The van der Waals surface area contributed by atoms with Crippen LogP contribution in [-0.2, 0) is 6.42 Å². The molecule has 2 aromatic rings. The third-order valence-corrected chi connectivity index (χ3v) is 5.61. The van der Waals surface area contributed by atoms with Crippen LogP contribution in [0.15, 0.2) is 55.1 Å². The molecule has 0 bridgehead atoms. The predicted octanol–water partition coefficient (Wildman–Crippen LogP) is 5.73. The summed E-state index contributed by atoms with van der Waals surface area (Å²) < 4.78 is 11.9. The molecule has 3 rings (SSSR count). The highest BCUT2D eigenvalue weighted by molar-refractivity contribution is 7.80. The first-order valence-corrected chi connectivity index (χ1v) is 11.2. The summed E-state index contributed by atoms with van der Waals surface area (Å²) in [5, 5.41) is 1.13. The fourth-order valence-electron chi connectivity index (χ4n) is 3.50. The van der Waals surface area contributed by atoms with Crippen LogP contribution in [0.25, 0.3) is 0 Å². The van der Waals surface area contributed by atoms with E-state index in [1.165, 1.54) is 5.56 Å². The zero-order valence-corrected chi connectivity index (χ0v) is 19.1. The van der Waals surface area contributed by atoms with Crippen LogP contribution in [0.3, 0.4) is 0 Å². The van der Waals surface area contributed by atoms with Crippen LogP contribution in [0.2, 0.25) is 5.02 Å². The van der Waals surface area contributed by atoms with Crippen molar-refractivity contribution in [2.75, 3.05) is 38.2 Å². The zero-order chi connectivity index (χ0) is 21.3. The summed E-state index contributed by atoms with van der Waals surface area (Å²) in [7, 11) is 2.11. The second-order valence-corrected chi connectivity index (χ2v) is 8.26. The molecule has 0 amide bonds. The van der Waals surface area contributed by atoms with Gasteiger partial charge in [-0.3, -0.25) is 0 Å². The largest absolute Gasteiger partial charge is 0.494 e. The lowest BCUT2D eigenvalue weighted by Gasteiger charge is -2.31. The van der Waals surface area contributed by atoms with E-state index in [1.54, 1.807) is 12.1 Å². The van der Waals surface area contributed by atoms with Crippen molar-refractivity contribution in [3.63, 3.8) is 0 Å². The Morgan fingerprint density at radius 1 is 1.20 bits per heavy atom. The zero-order valence-electron chi connectivity index (χ0n) is 17.5. The number of anilines is 1. The molecule has 0 fully saturated rings. The van der Waals surface area contributed by atoms with Gasteiger partial charge in [0.25, 0.3) is 5.17 Å². The third kappa shape index (κ3) is 6.46. The molecule has 160 valence electrons. The number of unbranched alkanes of at least 4 members (excludes halogenated alkanes) is 1. The molecule has 0 spiro atoms. The van der Waals surface area contributed by atoms with Crippen LogP contribution >= 0.6 is 23.8 Å². The van der Waals surface area contributed by atoms with Crippen LogP contribution < -0.4 is 14.4 Å². The highest BCUT2D eigenvalue weighted by Crippen LogP contribution is 2.31. The van der Waals surface area contributed by atoms with E-state index in [9.17, 15) is 0 Å². The number of rotatable bonds is 9. The molecule has 6 heteroatoms. The summed E-state index contributed by atoms with van der Waals surface area (Å²) in [6, 6.07) is 13.5. The minimum absolute atomic E-state index is 0.454. The Kier molecular flexibility index (Phi) is 8.55. The molecular weight excluding hydrogens is 416 g/mol. The molecule has 0 atom stereocenters. The van der Waals surface area contributed by atoms with Crippen LogP contribution in [0, 0.1) is 0 Å². The average molecular weight is 445 g/mol. The number of likely N-dealkylation sites (N-methyl/N-ethyl adjacent to an activating group) is 1. The molecule has 0 saturated heterocycles. The number of thiocarbonyl (C=S) groups is 1. The number of halogens is 1. The summed E-state index contributed by atoms with van der Waals surface area (Å²) in [4.78, 5) is 4.32. The summed E-state index contributed by atoms with van der Waals surface area (Å²) in [6.45, 7) is 7.32. The number of nitrogens with zero attached hydrogens (tertiary/aromatic N) is 2. The molecule has 1 heterocycles. The predicted molar refractivity (Wildman–Crippen MR) is 129 cm³/mol. The Balaban J connectivity index is 1.54.